The van der Waals surface area contributed by atoms with Crippen LogP contribution >= 0.6 is 0 Å². The molecule has 0 spiro atoms. The maximum atomic E-state index is 12.9. The third-order valence-corrected chi connectivity index (χ3v) is 5.43. The van der Waals surface area contributed by atoms with Gasteiger partial charge < -0.3 is 16.0 Å². The van der Waals surface area contributed by atoms with Crippen molar-refractivity contribution in [1.29, 1.82) is 0 Å². The van der Waals surface area contributed by atoms with Crippen LogP contribution in [0, 0.1) is 6.92 Å². The summed E-state index contributed by atoms with van der Waals surface area (Å²) in [6, 6.07) is 25.4. The highest BCUT2D eigenvalue weighted by Crippen LogP contribution is 2.36. The van der Waals surface area contributed by atoms with Gasteiger partial charge in [0.2, 0.25) is 5.91 Å². The second kappa shape index (κ2) is 7.57. The van der Waals surface area contributed by atoms with Crippen molar-refractivity contribution < 1.29 is 4.79 Å². The van der Waals surface area contributed by atoms with E-state index < -0.39 is 5.92 Å². The van der Waals surface area contributed by atoms with Crippen molar-refractivity contribution in [2.75, 3.05) is 11.1 Å². The van der Waals surface area contributed by atoms with E-state index in [1.807, 2.05) is 85.8 Å². The summed E-state index contributed by atoms with van der Waals surface area (Å²) in [7, 11) is 0. The third-order valence-electron chi connectivity index (χ3n) is 5.43. The molecule has 0 saturated heterocycles. The van der Waals surface area contributed by atoms with Gasteiger partial charge in [-0.15, -0.1) is 0 Å². The Morgan fingerprint density at radius 1 is 0.968 bits per heavy atom. The van der Waals surface area contributed by atoms with Crippen LogP contribution < -0.4 is 11.1 Å². The minimum Gasteiger partial charge on any atom is -0.369 e. The molecule has 0 bridgehead atoms. The Kier molecular flexibility index (Phi) is 4.59. The number of H-pyrrole nitrogens is 1. The van der Waals surface area contributed by atoms with Crippen LogP contribution in [-0.4, -0.2) is 21.6 Å². The van der Waals surface area contributed by atoms with Crippen LogP contribution in [0.2, 0.25) is 0 Å². The van der Waals surface area contributed by atoms with E-state index in [4.69, 9.17) is 10.7 Å². The second-order valence-corrected chi connectivity index (χ2v) is 7.52. The molecule has 1 aromatic heterocycles. The zero-order chi connectivity index (χ0) is 21.4. The maximum absolute atomic E-state index is 12.9. The SMILES string of the molecule is Cc1[nH]c(N)nc1-c1ccc(N=C(c2ccccc2)C2C(=O)Nc3ccccc32)cc1. The molecule has 4 aromatic rings. The average Bonchev–Trinajstić information content (AvgIpc) is 3.30. The van der Waals surface area contributed by atoms with Crippen molar-refractivity contribution >= 4 is 28.9 Å². The molecule has 2 heterocycles. The number of amides is 1. The Labute approximate surface area is 179 Å². The number of aliphatic imine (C=N–C) groups is 1. The van der Waals surface area contributed by atoms with E-state index in [9.17, 15) is 4.79 Å². The first kappa shape index (κ1) is 18.8. The summed E-state index contributed by atoms with van der Waals surface area (Å²) in [5.74, 6) is -0.137. The molecule has 1 aliphatic rings. The quantitative estimate of drug-likeness (QED) is 0.423. The van der Waals surface area contributed by atoms with Crippen molar-refractivity contribution in [3.8, 4) is 11.3 Å². The van der Waals surface area contributed by atoms with Crippen molar-refractivity contribution in [2.24, 2.45) is 4.99 Å². The van der Waals surface area contributed by atoms with Gasteiger partial charge in [0, 0.05) is 16.9 Å². The fourth-order valence-corrected chi connectivity index (χ4v) is 3.98. The van der Waals surface area contributed by atoms with E-state index in [1.54, 1.807) is 0 Å². The molecule has 0 fully saturated rings. The molecular weight excluding hydrogens is 386 g/mol. The molecule has 0 radical (unpaired) electrons. The number of imidazole rings is 1. The van der Waals surface area contributed by atoms with Crippen LogP contribution in [0.15, 0.2) is 83.9 Å². The Balaban J connectivity index is 1.58. The van der Waals surface area contributed by atoms with Crippen LogP contribution in [-0.2, 0) is 4.79 Å². The number of rotatable bonds is 4. The molecule has 1 amide bonds. The minimum atomic E-state index is -0.466. The highest BCUT2D eigenvalue weighted by atomic mass is 16.2. The molecular formula is C25H21N5O. The smallest absolute Gasteiger partial charge is 0.238 e. The van der Waals surface area contributed by atoms with Crippen LogP contribution in [0.1, 0.15) is 22.7 Å². The average molecular weight is 407 g/mol. The van der Waals surface area contributed by atoms with Gasteiger partial charge in [-0.3, -0.25) is 9.79 Å². The lowest BCUT2D eigenvalue weighted by Crippen LogP contribution is -2.21. The topological polar surface area (TPSA) is 96.2 Å². The Bertz CT molecular complexity index is 1290. The highest BCUT2D eigenvalue weighted by Gasteiger charge is 2.35. The highest BCUT2D eigenvalue weighted by molar-refractivity contribution is 6.24. The molecule has 0 saturated carbocycles. The molecule has 1 aliphatic heterocycles. The van der Waals surface area contributed by atoms with Crippen molar-refractivity contribution in [1.82, 2.24) is 9.97 Å². The number of nitrogens with zero attached hydrogens (tertiary/aromatic N) is 2. The third kappa shape index (κ3) is 3.48. The number of benzene rings is 3. The van der Waals surface area contributed by atoms with E-state index in [-0.39, 0.29) is 5.91 Å². The maximum Gasteiger partial charge on any atom is 0.238 e. The Hall–Kier alpha value is -4.19. The van der Waals surface area contributed by atoms with Gasteiger partial charge in [-0.2, -0.15) is 0 Å². The minimum absolute atomic E-state index is 0.0666. The van der Waals surface area contributed by atoms with E-state index in [2.05, 4.69) is 15.3 Å². The molecule has 1 atom stereocenters. The second-order valence-electron chi connectivity index (χ2n) is 7.52. The predicted octanol–water partition coefficient (Wildman–Crippen LogP) is 4.82. The summed E-state index contributed by atoms with van der Waals surface area (Å²) < 4.78 is 0. The molecule has 6 heteroatoms. The number of carbonyl (C=O) groups is 1. The number of nitrogens with two attached hydrogens (primary N) is 1. The van der Waals surface area contributed by atoms with Crippen LogP contribution in [0.3, 0.4) is 0 Å². The number of fused-ring (bicyclic) bond motifs is 1. The number of nitrogens with one attached hydrogen (secondary N) is 2. The molecule has 3 aromatic carbocycles. The number of hydrogen-bond donors (Lipinski definition) is 3. The zero-order valence-electron chi connectivity index (χ0n) is 17.0. The number of aryl methyl sites for hydroxylation is 1. The molecule has 6 nitrogen and oxygen atoms in total. The lowest BCUT2D eigenvalue weighted by atomic mass is 9.90. The monoisotopic (exact) mass is 407 g/mol. The van der Waals surface area contributed by atoms with E-state index in [1.165, 1.54) is 0 Å². The lowest BCUT2D eigenvalue weighted by molar-refractivity contribution is -0.115. The summed E-state index contributed by atoms with van der Waals surface area (Å²) in [5, 5.41) is 2.98. The number of hydrogen-bond acceptors (Lipinski definition) is 4. The summed E-state index contributed by atoms with van der Waals surface area (Å²) in [6.07, 6.45) is 0. The molecule has 4 N–H and O–H groups in total. The van der Waals surface area contributed by atoms with Gasteiger partial charge in [0.25, 0.3) is 0 Å². The number of aromatic amines is 1. The van der Waals surface area contributed by atoms with Gasteiger partial charge in [-0.05, 0) is 36.2 Å². The van der Waals surface area contributed by atoms with Gasteiger partial charge in [0.05, 0.1) is 17.1 Å². The van der Waals surface area contributed by atoms with Gasteiger partial charge in [0.15, 0.2) is 5.95 Å². The number of carbonyl (C=O) groups excluding carboxylic acids is 1. The van der Waals surface area contributed by atoms with E-state index in [0.29, 0.717) is 5.95 Å². The van der Waals surface area contributed by atoms with Crippen molar-refractivity contribution in [3.63, 3.8) is 0 Å². The molecule has 31 heavy (non-hydrogen) atoms. The molecule has 152 valence electrons. The summed E-state index contributed by atoms with van der Waals surface area (Å²) in [4.78, 5) is 25.2. The predicted molar refractivity (Wildman–Crippen MR) is 124 cm³/mol. The first-order valence-corrected chi connectivity index (χ1v) is 10.1. The van der Waals surface area contributed by atoms with Gasteiger partial charge >= 0.3 is 0 Å². The Morgan fingerprint density at radius 2 is 1.68 bits per heavy atom. The number of para-hydroxylation sites is 1. The molecule has 0 aliphatic carbocycles. The summed E-state index contributed by atoms with van der Waals surface area (Å²) in [6.45, 7) is 1.94. The van der Waals surface area contributed by atoms with Crippen LogP contribution in [0.4, 0.5) is 17.3 Å². The Morgan fingerprint density at radius 3 is 2.39 bits per heavy atom. The largest absolute Gasteiger partial charge is 0.369 e. The van der Waals surface area contributed by atoms with Gasteiger partial charge in [-0.25, -0.2) is 4.98 Å². The normalized spacial score (nSPS) is 15.6. The fraction of sp³-hybridized carbons (Fsp3) is 0.0800. The number of anilines is 2. The standard InChI is InChI=1S/C25H21N5O/c1-15-22(30-25(26)27-15)17-11-13-18(14-12-17)28-23(16-7-3-2-4-8-16)21-19-9-5-6-10-20(19)29-24(21)31/h2-14,21H,1H3,(H,29,31)(H3,26,27,30). The van der Waals surface area contributed by atoms with Crippen LogP contribution in [0.5, 0.6) is 0 Å². The van der Waals surface area contributed by atoms with Crippen LogP contribution in [0.25, 0.3) is 11.3 Å². The summed E-state index contributed by atoms with van der Waals surface area (Å²) >= 11 is 0. The summed E-state index contributed by atoms with van der Waals surface area (Å²) in [5.41, 5.74) is 12.6. The number of nitrogen functional groups attached to an aromatic ring is 1. The fourth-order valence-electron chi connectivity index (χ4n) is 3.98. The van der Waals surface area contributed by atoms with Crippen molar-refractivity contribution in [3.05, 3.63) is 95.7 Å². The number of aromatic nitrogens is 2. The van der Waals surface area contributed by atoms with E-state index in [0.717, 1.165) is 45.2 Å². The molecule has 5 rings (SSSR count). The first-order chi connectivity index (χ1) is 15.1. The first-order valence-electron chi connectivity index (χ1n) is 10.1. The van der Waals surface area contributed by atoms with Gasteiger partial charge in [0.1, 0.15) is 5.92 Å². The molecule has 1 unspecified atom stereocenters. The van der Waals surface area contributed by atoms with Crippen molar-refractivity contribution in [2.45, 2.75) is 12.8 Å². The van der Waals surface area contributed by atoms with Gasteiger partial charge in [-0.1, -0.05) is 60.7 Å². The van der Waals surface area contributed by atoms with E-state index >= 15 is 0 Å². The zero-order valence-corrected chi connectivity index (χ0v) is 17.0. The lowest BCUT2D eigenvalue weighted by Gasteiger charge is -2.14.